The van der Waals surface area contributed by atoms with E-state index in [4.69, 9.17) is 5.11 Å². The topological polar surface area (TPSA) is 40.5 Å². The van der Waals surface area contributed by atoms with Gasteiger partial charge in [0.05, 0.1) is 0 Å². The van der Waals surface area contributed by atoms with Gasteiger partial charge in [-0.05, 0) is 31.5 Å². The number of carbonyl (C=O) groups is 1. The van der Waals surface area contributed by atoms with E-state index >= 15 is 0 Å². The van der Waals surface area contributed by atoms with Crippen LogP contribution in [0.4, 0.5) is 4.39 Å². The third kappa shape index (κ3) is 4.09. The molecule has 5 heteroatoms. The molecule has 0 spiro atoms. The molecule has 1 aromatic rings. The Balaban J connectivity index is 2.85. The van der Waals surface area contributed by atoms with Gasteiger partial charge in [-0.2, -0.15) is 0 Å². The van der Waals surface area contributed by atoms with E-state index in [1.807, 2.05) is 6.92 Å². The molecule has 94 valence electrons. The van der Waals surface area contributed by atoms with Crippen LogP contribution in [0.2, 0.25) is 0 Å². The van der Waals surface area contributed by atoms with Crippen molar-refractivity contribution >= 4 is 21.8 Å². The summed E-state index contributed by atoms with van der Waals surface area (Å²) in [6, 6.07) is 4.11. The molecule has 0 aromatic heterocycles. The van der Waals surface area contributed by atoms with Crippen LogP contribution < -0.4 is 0 Å². The molecule has 0 fully saturated rings. The van der Waals surface area contributed by atoms with Crippen molar-refractivity contribution in [1.29, 1.82) is 0 Å². The third-order valence-corrected chi connectivity index (χ3v) is 2.82. The molecule has 0 saturated carbocycles. The molecule has 0 aliphatic rings. The SMILES string of the molecule is CCN(CCCO)C(=O)c1cc(F)cc(Br)c1. The molecule has 0 saturated heterocycles. The van der Waals surface area contributed by atoms with Gasteiger partial charge in [0.25, 0.3) is 5.91 Å². The fourth-order valence-electron chi connectivity index (χ4n) is 1.52. The van der Waals surface area contributed by atoms with Crippen LogP contribution in [0, 0.1) is 5.82 Å². The van der Waals surface area contributed by atoms with Crippen LogP contribution in [0.5, 0.6) is 0 Å². The van der Waals surface area contributed by atoms with Gasteiger partial charge in [-0.25, -0.2) is 4.39 Å². The van der Waals surface area contributed by atoms with Crippen molar-refractivity contribution in [2.24, 2.45) is 0 Å². The molecule has 1 rings (SSSR count). The number of nitrogens with zero attached hydrogens (tertiary/aromatic N) is 1. The number of amides is 1. The summed E-state index contributed by atoms with van der Waals surface area (Å²) in [7, 11) is 0. The van der Waals surface area contributed by atoms with E-state index in [0.717, 1.165) is 0 Å². The Morgan fingerprint density at radius 2 is 2.18 bits per heavy atom. The second kappa shape index (κ2) is 6.71. The lowest BCUT2D eigenvalue weighted by Gasteiger charge is -2.20. The minimum atomic E-state index is -0.444. The number of aliphatic hydroxyl groups is 1. The lowest BCUT2D eigenvalue weighted by atomic mass is 10.2. The normalized spacial score (nSPS) is 10.4. The summed E-state index contributed by atoms with van der Waals surface area (Å²) in [4.78, 5) is 13.6. The molecule has 1 amide bonds. The highest BCUT2D eigenvalue weighted by Crippen LogP contribution is 2.16. The molecule has 0 heterocycles. The van der Waals surface area contributed by atoms with Crippen molar-refractivity contribution in [3.05, 3.63) is 34.1 Å². The zero-order chi connectivity index (χ0) is 12.8. The van der Waals surface area contributed by atoms with Crippen molar-refractivity contribution in [3.63, 3.8) is 0 Å². The number of carbonyl (C=O) groups excluding carboxylic acids is 1. The highest BCUT2D eigenvalue weighted by atomic mass is 79.9. The van der Waals surface area contributed by atoms with Crippen molar-refractivity contribution in [3.8, 4) is 0 Å². The first-order valence-corrected chi connectivity index (χ1v) is 6.24. The second-order valence-electron chi connectivity index (χ2n) is 3.62. The molecular weight excluding hydrogens is 289 g/mol. The Morgan fingerprint density at radius 1 is 1.47 bits per heavy atom. The lowest BCUT2D eigenvalue weighted by molar-refractivity contribution is 0.0753. The van der Waals surface area contributed by atoms with Crippen molar-refractivity contribution in [2.45, 2.75) is 13.3 Å². The highest BCUT2D eigenvalue weighted by molar-refractivity contribution is 9.10. The summed E-state index contributed by atoms with van der Waals surface area (Å²) < 4.78 is 13.7. The molecule has 1 aromatic carbocycles. The maximum Gasteiger partial charge on any atom is 0.253 e. The van der Waals surface area contributed by atoms with Gasteiger partial charge in [-0.1, -0.05) is 15.9 Å². The van der Waals surface area contributed by atoms with Crippen molar-refractivity contribution in [1.82, 2.24) is 4.90 Å². The van der Waals surface area contributed by atoms with Crippen LogP contribution in [-0.4, -0.2) is 35.6 Å². The number of aliphatic hydroxyl groups excluding tert-OH is 1. The van der Waals surface area contributed by atoms with E-state index < -0.39 is 5.82 Å². The van der Waals surface area contributed by atoms with E-state index in [9.17, 15) is 9.18 Å². The van der Waals surface area contributed by atoms with Gasteiger partial charge in [-0.15, -0.1) is 0 Å². The van der Waals surface area contributed by atoms with Gasteiger partial charge < -0.3 is 10.0 Å². The highest BCUT2D eigenvalue weighted by Gasteiger charge is 2.14. The quantitative estimate of drug-likeness (QED) is 0.907. The average Bonchev–Trinajstić information content (AvgIpc) is 2.28. The molecule has 0 aliphatic heterocycles. The summed E-state index contributed by atoms with van der Waals surface area (Å²) in [6.07, 6.45) is 0.524. The minimum absolute atomic E-state index is 0.0383. The van der Waals surface area contributed by atoms with Gasteiger partial charge in [0.2, 0.25) is 0 Å². The van der Waals surface area contributed by atoms with Gasteiger partial charge in [0.15, 0.2) is 0 Å². The van der Waals surface area contributed by atoms with E-state index in [0.29, 0.717) is 29.5 Å². The van der Waals surface area contributed by atoms with Crippen LogP contribution in [-0.2, 0) is 0 Å². The Bertz CT molecular complexity index is 378. The lowest BCUT2D eigenvalue weighted by Crippen LogP contribution is -2.32. The Labute approximate surface area is 108 Å². The predicted octanol–water partition coefficient (Wildman–Crippen LogP) is 2.43. The molecule has 0 atom stereocenters. The Hall–Kier alpha value is -0.940. The van der Waals surface area contributed by atoms with E-state index in [1.165, 1.54) is 12.1 Å². The summed E-state index contributed by atoms with van der Waals surface area (Å²) >= 11 is 3.15. The smallest absolute Gasteiger partial charge is 0.253 e. The molecule has 0 radical (unpaired) electrons. The predicted molar refractivity (Wildman–Crippen MR) is 67.4 cm³/mol. The summed E-state index contributed by atoms with van der Waals surface area (Å²) in [5.74, 6) is -0.665. The number of halogens is 2. The maximum absolute atomic E-state index is 13.2. The van der Waals surface area contributed by atoms with Crippen LogP contribution in [0.25, 0.3) is 0 Å². The molecule has 1 N–H and O–H groups in total. The third-order valence-electron chi connectivity index (χ3n) is 2.36. The van der Waals surface area contributed by atoms with Gasteiger partial charge in [-0.3, -0.25) is 4.79 Å². The first kappa shape index (κ1) is 14.1. The van der Waals surface area contributed by atoms with E-state index in [1.54, 1.807) is 11.0 Å². The van der Waals surface area contributed by atoms with Gasteiger partial charge in [0, 0.05) is 29.7 Å². The van der Waals surface area contributed by atoms with Gasteiger partial charge in [0.1, 0.15) is 5.82 Å². The number of hydrogen-bond donors (Lipinski definition) is 1. The Kier molecular flexibility index (Phi) is 5.58. The molecule has 17 heavy (non-hydrogen) atoms. The fraction of sp³-hybridized carbons (Fsp3) is 0.417. The molecule has 0 aliphatic carbocycles. The van der Waals surface area contributed by atoms with E-state index in [2.05, 4.69) is 15.9 Å². The molecule has 0 unspecified atom stereocenters. The molecule has 0 bridgehead atoms. The van der Waals surface area contributed by atoms with Crippen LogP contribution in [0.1, 0.15) is 23.7 Å². The summed E-state index contributed by atoms with van der Waals surface area (Å²) in [6.45, 7) is 2.90. The summed E-state index contributed by atoms with van der Waals surface area (Å²) in [5.41, 5.74) is 0.316. The van der Waals surface area contributed by atoms with Crippen molar-refractivity contribution in [2.75, 3.05) is 19.7 Å². The van der Waals surface area contributed by atoms with Crippen LogP contribution in [0.3, 0.4) is 0 Å². The molecular formula is C12H15BrFNO2. The molecule has 3 nitrogen and oxygen atoms in total. The number of hydrogen-bond acceptors (Lipinski definition) is 2. The average molecular weight is 304 g/mol. The van der Waals surface area contributed by atoms with Crippen molar-refractivity contribution < 1.29 is 14.3 Å². The second-order valence-corrected chi connectivity index (χ2v) is 4.54. The number of benzene rings is 1. The van der Waals surface area contributed by atoms with Crippen LogP contribution in [0.15, 0.2) is 22.7 Å². The van der Waals surface area contributed by atoms with Gasteiger partial charge >= 0.3 is 0 Å². The monoisotopic (exact) mass is 303 g/mol. The first-order chi connectivity index (χ1) is 8.08. The fourth-order valence-corrected chi connectivity index (χ4v) is 1.99. The zero-order valence-corrected chi connectivity index (χ0v) is 11.2. The largest absolute Gasteiger partial charge is 0.396 e. The minimum Gasteiger partial charge on any atom is -0.396 e. The standard InChI is InChI=1S/C12H15BrFNO2/c1-2-15(4-3-5-16)12(17)9-6-10(13)8-11(14)7-9/h6-8,16H,2-5H2,1H3. The van der Waals surface area contributed by atoms with E-state index in [-0.39, 0.29) is 12.5 Å². The first-order valence-electron chi connectivity index (χ1n) is 5.44. The Morgan fingerprint density at radius 3 is 2.71 bits per heavy atom. The number of rotatable bonds is 5. The summed E-state index contributed by atoms with van der Waals surface area (Å²) in [5, 5.41) is 8.75. The zero-order valence-electron chi connectivity index (χ0n) is 9.62. The maximum atomic E-state index is 13.2. The van der Waals surface area contributed by atoms with Crippen LogP contribution >= 0.6 is 15.9 Å².